The Morgan fingerprint density at radius 1 is 1.19 bits per heavy atom. The number of carbonyl (C=O) groups is 1. The van der Waals surface area contributed by atoms with Crippen LogP contribution >= 0.6 is 11.3 Å². The number of carboxylic acid groups (broad SMARTS) is 1. The Morgan fingerprint density at radius 2 is 1.96 bits per heavy atom. The monoisotopic (exact) mass is 377 g/mol. The number of rotatable bonds is 7. The van der Waals surface area contributed by atoms with Gasteiger partial charge in [0.25, 0.3) is 0 Å². The van der Waals surface area contributed by atoms with Gasteiger partial charge in [0.2, 0.25) is 5.75 Å². The van der Waals surface area contributed by atoms with Gasteiger partial charge in [0.05, 0.1) is 27.4 Å². The summed E-state index contributed by atoms with van der Waals surface area (Å²) in [6.45, 7) is 0.717. The standard InChI is InChI=1S/C19H23NO5S/c1-23-15-7-6-13(17(24-2)18(15)25-3)16(12-8-10-26-11-12)20-9-4-5-14(20)19(21)22/h6-8,10-11,14,16H,4-5,9H2,1-3H3,(H,21,22). The van der Waals surface area contributed by atoms with Gasteiger partial charge in [-0.25, -0.2) is 0 Å². The Bertz CT molecular complexity index is 762. The molecule has 0 radical (unpaired) electrons. The molecule has 1 saturated heterocycles. The molecule has 2 atom stereocenters. The van der Waals surface area contributed by atoms with Gasteiger partial charge >= 0.3 is 5.97 Å². The van der Waals surface area contributed by atoms with E-state index in [9.17, 15) is 9.90 Å². The summed E-state index contributed by atoms with van der Waals surface area (Å²) in [5.74, 6) is 0.869. The summed E-state index contributed by atoms with van der Waals surface area (Å²) in [6, 6.07) is 5.06. The van der Waals surface area contributed by atoms with Gasteiger partial charge in [0.15, 0.2) is 11.5 Å². The lowest BCUT2D eigenvalue weighted by Gasteiger charge is -2.32. The van der Waals surface area contributed by atoms with E-state index in [0.29, 0.717) is 23.7 Å². The van der Waals surface area contributed by atoms with Crippen LogP contribution in [0, 0.1) is 0 Å². The fraction of sp³-hybridized carbons (Fsp3) is 0.421. The third-order valence-electron chi connectivity index (χ3n) is 4.80. The van der Waals surface area contributed by atoms with Crippen molar-refractivity contribution >= 4 is 17.3 Å². The number of ether oxygens (including phenoxy) is 3. The van der Waals surface area contributed by atoms with Gasteiger partial charge in [0.1, 0.15) is 6.04 Å². The maximum atomic E-state index is 11.8. The molecule has 1 aromatic carbocycles. The van der Waals surface area contributed by atoms with Crippen molar-refractivity contribution in [2.45, 2.75) is 24.9 Å². The average molecular weight is 377 g/mol. The SMILES string of the molecule is COc1ccc(C(c2ccsc2)N2CCCC2C(=O)O)c(OC)c1OC. The molecule has 2 aromatic rings. The van der Waals surface area contributed by atoms with Crippen LogP contribution in [0.4, 0.5) is 0 Å². The van der Waals surface area contributed by atoms with Crippen molar-refractivity contribution in [2.75, 3.05) is 27.9 Å². The summed E-state index contributed by atoms with van der Waals surface area (Å²) in [7, 11) is 4.73. The number of benzene rings is 1. The summed E-state index contributed by atoms with van der Waals surface area (Å²) in [5.41, 5.74) is 1.92. The molecule has 1 aromatic heterocycles. The molecule has 1 aliphatic heterocycles. The molecule has 1 N–H and O–H groups in total. The summed E-state index contributed by atoms with van der Waals surface area (Å²) in [5, 5.41) is 13.7. The zero-order valence-electron chi connectivity index (χ0n) is 15.1. The van der Waals surface area contributed by atoms with Crippen molar-refractivity contribution in [3.63, 3.8) is 0 Å². The van der Waals surface area contributed by atoms with Crippen molar-refractivity contribution in [3.05, 3.63) is 40.1 Å². The van der Waals surface area contributed by atoms with E-state index in [0.717, 1.165) is 24.1 Å². The maximum Gasteiger partial charge on any atom is 0.320 e. The molecule has 26 heavy (non-hydrogen) atoms. The van der Waals surface area contributed by atoms with Crippen molar-refractivity contribution in [1.29, 1.82) is 0 Å². The van der Waals surface area contributed by atoms with E-state index >= 15 is 0 Å². The number of hydrogen-bond acceptors (Lipinski definition) is 6. The Hall–Kier alpha value is -2.25. The van der Waals surface area contributed by atoms with Gasteiger partial charge < -0.3 is 19.3 Å². The van der Waals surface area contributed by atoms with Gasteiger partial charge in [0, 0.05) is 12.1 Å². The van der Waals surface area contributed by atoms with Gasteiger partial charge in [-0.1, -0.05) is 0 Å². The molecule has 0 saturated carbocycles. The first-order valence-corrected chi connectivity index (χ1v) is 9.36. The number of methoxy groups -OCH3 is 3. The molecule has 0 spiro atoms. The molecule has 0 amide bonds. The van der Waals surface area contributed by atoms with Crippen molar-refractivity contribution in [2.24, 2.45) is 0 Å². The largest absolute Gasteiger partial charge is 0.493 e. The number of hydrogen-bond donors (Lipinski definition) is 1. The van der Waals surface area contributed by atoms with E-state index in [-0.39, 0.29) is 6.04 Å². The molecule has 1 aliphatic rings. The summed E-state index contributed by atoms with van der Waals surface area (Å²) in [4.78, 5) is 13.8. The molecular weight excluding hydrogens is 354 g/mol. The molecule has 1 fully saturated rings. The van der Waals surface area contributed by atoms with E-state index in [1.165, 1.54) is 0 Å². The minimum atomic E-state index is -0.790. The zero-order valence-corrected chi connectivity index (χ0v) is 15.9. The van der Waals surface area contributed by atoms with E-state index in [4.69, 9.17) is 14.2 Å². The first-order valence-electron chi connectivity index (χ1n) is 8.41. The van der Waals surface area contributed by atoms with Crippen LogP contribution in [0.2, 0.25) is 0 Å². The number of aliphatic carboxylic acids is 1. The zero-order chi connectivity index (χ0) is 18.7. The van der Waals surface area contributed by atoms with E-state index < -0.39 is 12.0 Å². The van der Waals surface area contributed by atoms with Crippen LogP contribution < -0.4 is 14.2 Å². The minimum absolute atomic E-state index is 0.223. The average Bonchev–Trinajstić information content (AvgIpc) is 3.33. The van der Waals surface area contributed by atoms with Crippen molar-refractivity contribution in [1.82, 2.24) is 4.90 Å². The highest BCUT2D eigenvalue weighted by Crippen LogP contribution is 2.46. The third kappa shape index (κ3) is 3.24. The lowest BCUT2D eigenvalue weighted by Crippen LogP contribution is -2.39. The first-order chi connectivity index (χ1) is 12.6. The van der Waals surface area contributed by atoms with Crippen LogP contribution in [0.15, 0.2) is 29.0 Å². The normalized spacial score (nSPS) is 18.5. The molecule has 0 aliphatic carbocycles. The summed E-state index contributed by atoms with van der Waals surface area (Å²) < 4.78 is 16.6. The van der Waals surface area contributed by atoms with Crippen LogP contribution in [-0.4, -0.2) is 49.9 Å². The topological polar surface area (TPSA) is 68.2 Å². The van der Waals surface area contributed by atoms with Crippen LogP contribution in [0.25, 0.3) is 0 Å². The Balaban J connectivity index is 2.16. The highest BCUT2D eigenvalue weighted by molar-refractivity contribution is 7.08. The van der Waals surface area contributed by atoms with Crippen LogP contribution in [0.1, 0.15) is 30.0 Å². The van der Waals surface area contributed by atoms with E-state index in [1.807, 2.05) is 28.5 Å². The van der Waals surface area contributed by atoms with E-state index in [1.54, 1.807) is 32.7 Å². The van der Waals surface area contributed by atoms with Crippen LogP contribution in [0.5, 0.6) is 17.2 Å². The quantitative estimate of drug-likeness (QED) is 0.797. The second kappa shape index (κ2) is 7.97. The van der Waals surface area contributed by atoms with Gasteiger partial charge in [-0.3, -0.25) is 9.69 Å². The highest BCUT2D eigenvalue weighted by atomic mass is 32.1. The second-order valence-electron chi connectivity index (χ2n) is 6.12. The Morgan fingerprint density at radius 3 is 2.54 bits per heavy atom. The Kier molecular flexibility index (Phi) is 5.68. The number of thiophene rings is 1. The lowest BCUT2D eigenvalue weighted by atomic mass is 9.96. The number of carboxylic acids is 1. The van der Waals surface area contributed by atoms with Crippen LogP contribution in [-0.2, 0) is 4.79 Å². The minimum Gasteiger partial charge on any atom is -0.493 e. The van der Waals surface area contributed by atoms with Gasteiger partial charge in [-0.15, -0.1) is 0 Å². The van der Waals surface area contributed by atoms with E-state index in [2.05, 4.69) is 5.38 Å². The molecule has 140 valence electrons. The number of likely N-dealkylation sites (tertiary alicyclic amines) is 1. The fourth-order valence-electron chi connectivity index (χ4n) is 3.68. The van der Waals surface area contributed by atoms with Crippen molar-refractivity contribution in [3.8, 4) is 17.2 Å². The lowest BCUT2D eigenvalue weighted by molar-refractivity contribution is -0.142. The molecule has 7 heteroatoms. The molecule has 0 bridgehead atoms. The van der Waals surface area contributed by atoms with Gasteiger partial charge in [-0.2, -0.15) is 11.3 Å². The van der Waals surface area contributed by atoms with Crippen molar-refractivity contribution < 1.29 is 24.1 Å². The highest BCUT2D eigenvalue weighted by Gasteiger charge is 2.38. The van der Waals surface area contributed by atoms with Gasteiger partial charge in [-0.05, 0) is 47.4 Å². The second-order valence-corrected chi connectivity index (χ2v) is 6.90. The third-order valence-corrected chi connectivity index (χ3v) is 5.50. The molecule has 6 nitrogen and oxygen atoms in total. The number of nitrogens with zero attached hydrogens (tertiary/aromatic N) is 1. The first kappa shape index (κ1) is 18.5. The molecular formula is C19H23NO5S. The molecule has 2 heterocycles. The Labute approximate surface area is 156 Å². The maximum absolute atomic E-state index is 11.8. The molecule has 2 unspecified atom stereocenters. The fourth-order valence-corrected chi connectivity index (χ4v) is 4.36. The predicted molar refractivity (Wildman–Crippen MR) is 99.6 cm³/mol. The predicted octanol–water partition coefficient (Wildman–Crippen LogP) is 3.41. The van der Waals surface area contributed by atoms with Crippen LogP contribution in [0.3, 0.4) is 0 Å². The molecule has 3 rings (SSSR count). The summed E-state index contributed by atoms with van der Waals surface area (Å²) >= 11 is 1.59. The smallest absolute Gasteiger partial charge is 0.320 e. The summed E-state index contributed by atoms with van der Waals surface area (Å²) in [6.07, 6.45) is 1.50.